The van der Waals surface area contributed by atoms with E-state index in [2.05, 4.69) is 16.5 Å². The van der Waals surface area contributed by atoms with Gasteiger partial charge in [0.2, 0.25) is 0 Å². The van der Waals surface area contributed by atoms with Gasteiger partial charge in [0.15, 0.2) is 0 Å². The average molecular weight is 438 g/mol. The Bertz CT molecular complexity index is 1050. The maximum Gasteiger partial charge on any atom is 0.260 e. The minimum absolute atomic E-state index is 0.0871. The van der Waals surface area contributed by atoms with Gasteiger partial charge < -0.3 is 10.1 Å². The molecule has 1 aromatic carbocycles. The molecule has 0 saturated heterocycles. The van der Waals surface area contributed by atoms with Gasteiger partial charge in [-0.25, -0.2) is 4.98 Å². The molecule has 1 aliphatic carbocycles. The Balaban J connectivity index is 1.59. The maximum absolute atomic E-state index is 13.0. The Hall–Kier alpha value is -2.28. The van der Waals surface area contributed by atoms with E-state index in [1.54, 1.807) is 0 Å². The van der Waals surface area contributed by atoms with Gasteiger partial charge >= 0.3 is 0 Å². The van der Waals surface area contributed by atoms with Crippen LogP contribution in [0.5, 0.6) is 0 Å². The number of aliphatic hydroxyl groups excluding tert-OH is 1. The summed E-state index contributed by atoms with van der Waals surface area (Å²) in [5.41, 5.74) is 1.88. The van der Waals surface area contributed by atoms with Crippen LogP contribution in [0.15, 0.2) is 53.2 Å². The molecule has 0 amide bonds. The zero-order chi connectivity index (χ0) is 21.6. The molecule has 5 nitrogen and oxygen atoms in total. The molecule has 0 radical (unpaired) electrons. The molecular formula is C25H31N3O2S. The highest BCUT2D eigenvalue weighted by molar-refractivity contribution is 7.17. The number of benzene rings is 1. The summed E-state index contributed by atoms with van der Waals surface area (Å²) in [6.45, 7) is 4.91. The van der Waals surface area contributed by atoms with Crippen LogP contribution in [0.4, 0.5) is 0 Å². The van der Waals surface area contributed by atoms with E-state index in [-0.39, 0.29) is 5.56 Å². The third-order valence-electron chi connectivity index (χ3n) is 6.17. The Morgan fingerprint density at radius 2 is 2.03 bits per heavy atom. The number of nitrogens with one attached hydrogen (secondary N) is 1. The fraction of sp³-hybridized carbons (Fsp3) is 0.440. The summed E-state index contributed by atoms with van der Waals surface area (Å²) in [6, 6.07) is 10.4. The van der Waals surface area contributed by atoms with Gasteiger partial charge in [0.25, 0.3) is 5.56 Å². The fourth-order valence-corrected chi connectivity index (χ4v) is 5.52. The monoisotopic (exact) mass is 437 g/mol. The van der Waals surface area contributed by atoms with Crippen LogP contribution >= 0.6 is 11.3 Å². The van der Waals surface area contributed by atoms with E-state index in [4.69, 9.17) is 4.98 Å². The third kappa shape index (κ3) is 5.32. The van der Waals surface area contributed by atoms with Crippen molar-refractivity contribution in [2.24, 2.45) is 0 Å². The number of aromatic nitrogens is 2. The SMILES string of the molecule is C=CCCC(O)CN(Cc1nc2scc(-c3ccccc3)c2c(=O)[nH]1)C1CCCCC1. The summed E-state index contributed by atoms with van der Waals surface area (Å²) in [5.74, 6) is 0.681. The smallest absolute Gasteiger partial charge is 0.260 e. The minimum Gasteiger partial charge on any atom is -0.392 e. The number of allylic oxidation sites excluding steroid dienone is 1. The first-order chi connectivity index (χ1) is 15.2. The molecule has 0 spiro atoms. The van der Waals surface area contributed by atoms with Crippen molar-refractivity contribution in [3.05, 3.63) is 64.5 Å². The first kappa shape index (κ1) is 21.9. The van der Waals surface area contributed by atoms with Gasteiger partial charge in [0, 0.05) is 23.5 Å². The third-order valence-corrected chi connectivity index (χ3v) is 7.04. The lowest BCUT2D eigenvalue weighted by Gasteiger charge is -2.35. The summed E-state index contributed by atoms with van der Waals surface area (Å²) in [6.07, 6.45) is 8.96. The van der Waals surface area contributed by atoms with E-state index < -0.39 is 6.10 Å². The summed E-state index contributed by atoms with van der Waals surface area (Å²) in [4.78, 5) is 23.9. The summed E-state index contributed by atoms with van der Waals surface area (Å²) >= 11 is 1.51. The van der Waals surface area contributed by atoms with Crippen molar-refractivity contribution in [2.75, 3.05) is 6.54 Å². The van der Waals surface area contributed by atoms with Crippen LogP contribution in [0.25, 0.3) is 21.3 Å². The summed E-state index contributed by atoms with van der Waals surface area (Å²) in [7, 11) is 0. The van der Waals surface area contributed by atoms with Crippen molar-refractivity contribution < 1.29 is 5.11 Å². The molecule has 2 heterocycles. The normalized spacial score (nSPS) is 16.1. The van der Waals surface area contributed by atoms with Gasteiger partial charge in [-0.1, -0.05) is 55.7 Å². The van der Waals surface area contributed by atoms with Crippen molar-refractivity contribution in [1.29, 1.82) is 0 Å². The molecule has 1 atom stereocenters. The molecule has 0 aliphatic heterocycles. The van der Waals surface area contributed by atoms with Gasteiger partial charge in [-0.2, -0.15) is 0 Å². The van der Waals surface area contributed by atoms with Gasteiger partial charge in [-0.05, 0) is 31.2 Å². The van der Waals surface area contributed by atoms with Crippen molar-refractivity contribution in [2.45, 2.75) is 63.6 Å². The topological polar surface area (TPSA) is 69.2 Å². The van der Waals surface area contributed by atoms with Crippen LogP contribution < -0.4 is 5.56 Å². The Morgan fingerprint density at radius 3 is 2.77 bits per heavy atom. The molecule has 1 fully saturated rings. The molecular weight excluding hydrogens is 406 g/mol. The first-order valence-electron chi connectivity index (χ1n) is 11.2. The number of rotatable bonds is 9. The second-order valence-electron chi connectivity index (χ2n) is 8.45. The number of H-pyrrole nitrogens is 1. The Labute approximate surface area is 187 Å². The van der Waals surface area contributed by atoms with Crippen LogP contribution in [0, 0.1) is 0 Å². The standard InChI is InChI=1S/C25H31N3O2S/c1-2-3-14-20(29)15-28(19-12-8-5-9-13-19)16-22-26-24(30)23-21(17-31-25(23)27-22)18-10-6-4-7-11-18/h2,4,6-7,10-11,17,19-20,29H,1,3,5,8-9,12-16H2,(H,26,27,30). The number of hydrogen-bond donors (Lipinski definition) is 2. The molecule has 0 bridgehead atoms. The zero-order valence-electron chi connectivity index (χ0n) is 17.9. The highest BCUT2D eigenvalue weighted by Crippen LogP contribution is 2.31. The van der Waals surface area contributed by atoms with Gasteiger partial charge in [-0.3, -0.25) is 9.69 Å². The van der Waals surface area contributed by atoms with Crippen LogP contribution in [-0.2, 0) is 6.54 Å². The molecule has 2 N–H and O–H groups in total. The highest BCUT2D eigenvalue weighted by atomic mass is 32.1. The molecule has 1 aliphatic rings. The van der Waals surface area contributed by atoms with Crippen LogP contribution in [0.2, 0.25) is 0 Å². The fourth-order valence-electron chi connectivity index (χ4n) is 4.55. The van der Waals surface area contributed by atoms with Crippen LogP contribution in [0.1, 0.15) is 50.8 Å². The zero-order valence-corrected chi connectivity index (χ0v) is 18.7. The Morgan fingerprint density at radius 1 is 1.26 bits per heavy atom. The molecule has 1 saturated carbocycles. The lowest BCUT2D eigenvalue weighted by molar-refractivity contribution is 0.0622. The van der Waals surface area contributed by atoms with E-state index in [1.165, 1.54) is 30.6 Å². The quantitative estimate of drug-likeness (QED) is 0.456. The number of thiophene rings is 1. The minimum atomic E-state index is -0.401. The Kier molecular flexibility index (Phi) is 7.33. The van der Waals surface area contributed by atoms with Crippen molar-refractivity contribution >= 4 is 21.6 Å². The van der Waals surface area contributed by atoms with E-state index >= 15 is 0 Å². The van der Waals surface area contributed by atoms with Crippen molar-refractivity contribution in [3.8, 4) is 11.1 Å². The number of aliphatic hydroxyl groups is 1. The van der Waals surface area contributed by atoms with E-state index in [0.29, 0.717) is 36.8 Å². The number of nitrogens with zero attached hydrogens (tertiary/aromatic N) is 2. The number of aromatic amines is 1. The van der Waals surface area contributed by atoms with Crippen LogP contribution in [0.3, 0.4) is 0 Å². The predicted octanol–water partition coefficient (Wildman–Crippen LogP) is 5.11. The van der Waals surface area contributed by atoms with E-state index in [9.17, 15) is 9.90 Å². The largest absolute Gasteiger partial charge is 0.392 e. The van der Waals surface area contributed by atoms with Gasteiger partial charge in [-0.15, -0.1) is 17.9 Å². The maximum atomic E-state index is 13.0. The summed E-state index contributed by atoms with van der Waals surface area (Å²) < 4.78 is 0. The lowest BCUT2D eigenvalue weighted by atomic mass is 9.93. The predicted molar refractivity (Wildman–Crippen MR) is 128 cm³/mol. The molecule has 6 heteroatoms. The van der Waals surface area contributed by atoms with E-state index in [0.717, 1.165) is 35.2 Å². The number of fused-ring (bicyclic) bond motifs is 1. The molecule has 1 unspecified atom stereocenters. The molecule has 2 aromatic heterocycles. The van der Waals surface area contributed by atoms with Crippen molar-refractivity contribution in [3.63, 3.8) is 0 Å². The molecule has 31 heavy (non-hydrogen) atoms. The average Bonchev–Trinajstić information content (AvgIpc) is 3.23. The summed E-state index contributed by atoms with van der Waals surface area (Å²) in [5, 5.41) is 13.2. The highest BCUT2D eigenvalue weighted by Gasteiger charge is 2.24. The van der Waals surface area contributed by atoms with E-state index in [1.807, 2.05) is 41.8 Å². The second-order valence-corrected chi connectivity index (χ2v) is 9.31. The van der Waals surface area contributed by atoms with Crippen molar-refractivity contribution in [1.82, 2.24) is 14.9 Å². The van der Waals surface area contributed by atoms with Gasteiger partial charge in [0.05, 0.1) is 18.0 Å². The van der Waals surface area contributed by atoms with Gasteiger partial charge in [0.1, 0.15) is 10.7 Å². The molecule has 3 aromatic rings. The number of hydrogen-bond acceptors (Lipinski definition) is 5. The molecule has 164 valence electrons. The second kappa shape index (κ2) is 10.4. The molecule has 4 rings (SSSR count). The lowest BCUT2D eigenvalue weighted by Crippen LogP contribution is -2.41. The van der Waals surface area contributed by atoms with Crippen LogP contribution in [-0.4, -0.2) is 38.7 Å². The first-order valence-corrected chi connectivity index (χ1v) is 12.1.